The molecule has 0 amide bonds. The Hall–Kier alpha value is -2.86. The number of fused-ring (bicyclic) bond motifs is 1. The fourth-order valence-corrected chi connectivity index (χ4v) is 4.38. The van der Waals surface area contributed by atoms with Crippen LogP contribution in [-0.4, -0.2) is 53.0 Å². The quantitative estimate of drug-likeness (QED) is 0.311. The number of benzene rings is 2. The van der Waals surface area contributed by atoms with Gasteiger partial charge in [-0.2, -0.15) is 0 Å². The van der Waals surface area contributed by atoms with Crippen molar-refractivity contribution in [2.45, 2.75) is 51.2 Å². The molecule has 2 unspecified atom stereocenters. The van der Waals surface area contributed by atoms with Crippen LogP contribution >= 0.6 is 0 Å². The molecule has 0 radical (unpaired) electrons. The summed E-state index contributed by atoms with van der Waals surface area (Å²) >= 11 is 0. The minimum absolute atomic E-state index is 0.462. The highest BCUT2D eigenvalue weighted by atomic mass is 15.2. The summed E-state index contributed by atoms with van der Waals surface area (Å²) in [6, 6.07) is 20.0. The second-order valence-corrected chi connectivity index (χ2v) is 8.47. The molecule has 3 N–H and O–H groups in total. The first kappa shape index (κ1) is 21.4. The van der Waals surface area contributed by atoms with Crippen molar-refractivity contribution in [2.24, 2.45) is 4.99 Å². The molecule has 2 atom stereocenters. The summed E-state index contributed by atoms with van der Waals surface area (Å²) in [5.74, 6) is 1.95. The molecular weight excluding hydrogens is 384 g/mol. The predicted molar refractivity (Wildman–Crippen MR) is 128 cm³/mol. The first-order valence-electron chi connectivity index (χ1n) is 11.4. The SMILES string of the molecule is CN=C(NCCCc1nc2ccccc2[nH]1)NC1CCN(Cc2ccccc2)C(C)C1. The number of para-hydroxylation sites is 2. The van der Waals surface area contributed by atoms with E-state index in [-0.39, 0.29) is 0 Å². The maximum Gasteiger partial charge on any atom is 0.191 e. The summed E-state index contributed by atoms with van der Waals surface area (Å²) in [4.78, 5) is 15.1. The van der Waals surface area contributed by atoms with Crippen LogP contribution in [0.25, 0.3) is 11.0 Å². The lowest BCUT2D eigenvalue weighted by atomic mass is 9.97. The average molecular weight is 419 g/mol. The van der Waals surface area contributed by atoms with Gasteiger partial charge in [0.15, 0.2) is 5.96 Å². The number of hydrogen-bond acceptors (Lipinski definition) is 3. The van der Waals surface area contributed by atoms with Gasteiger partial charge in [0.25, 0.3) is 0 Å². The van der Waals surface area contributed by atoms with Crippen LogP contribution in [0, 0.1) is 0 Å². The number of aliphatic imine (C=N–C) groups is 1. The van der Waals surface area contributed by atoms with E-state index in [1.165, 1.54) is 5.56 Å². The molecule has 0 saturated carbocycles. The normalized spacial score (nSPS) is 20.1. The van der Waals surface area contributed by atoms with E-state index >= 15 is 0 Å². The van der Waals surface area contributed by atoms with E-state index in [1.807, 2.05) is 25.2 Å². The highest BCUT2D eigenvalue weighted by Crippen LogP contribution is 2.20. The highest BCUT2D eigenvalue weighted by Gasteiger charge is 2.25. The number of likely N-dealkylation sites (tertiary alicyclic amines) is 1. The van der Waals surface area contributed by atoms with Crippen molar-refractivity contribution in [2.75, 3.05) is 20.1 Å². The zero-order valence-corrected chi connectivity index (χ0v) is 18.6. The van der Waals surface area contributed by atoms with E-state index < -0.39 is 0 Å². The standard InChI is InChI=1S/C25H34N6/c1-19-17-21(14-16-31(19)18-20-9-4-3-5-10-20)28-25(26-2)27-15-8-13-24-29-22-11-6-7-12-23(22)30-24/h3-7,9-12,19,21H,8,13-18H2,1-2H3,(H,29,30)(H2,26,27,28). The number of nitrogens with zero attached hydrogens (tertiary/aromatic N) is 3. The van der Waals surface area contributed by atoms with Gasteiger partial charge in [-0.3, -0.25) is 9.89 Å². The molecule has 164 valence electrons. The van der Waals surface area contributed by atoms with Crippen molar-refractivity contribution in [3.63, 3.8) is 0 Å². The molecule has 1 saturated heterocycles. The number of hydrogen-bond donors (Lipinski definition) is 3. The number of aryl methyl sites for hydroxylation is 1. The van der Waals surface area contributed by atoms with Crippen molar-refractivity contribution in [1.29, 1.82) is 0 Å². The molecule has 6 nitrogen and oxygen atoms in total. The largest absolute Gasteiger partial charge is 0.356 e. The summed E-state index contributed by atoms with van der Waals surface area (Å²) in [5.41, 5.74) is 3.54. The van der Waals surface area contributed by atoms with Gasteiger partial charge in [-0.1, -0.05) is 42.5 Å². The van der Waals surface area contributed by atoms with Gasteiger partial charge in [0, 0.05) is 45.2 Å². The van der Waals surface area contributed by atoms with Crippen molar-refractivity contribution in [3.05, 3.63) is 66.0 Å². The second-order valence-electron chi connectivity index (χ2n) is 8.47. The maximum absolute atomic E-state index is 4.65. The smallest absolute Gasteiger partial charge is 0.191 e. The number of aromatic nitrogens is 2. The number of guanidine groups is 1. The fraction of sp³-hybridized carbons (Fsp3) is 0.440. The zero-order chi connectivity index (χ0) is 21.5. The lowest BCUT2D eigenvalue weighted by molar-refractivity contribution is 0.134. The van der Waals surface area contributed by atoms with Crippen LogP contribution in [0.5, 0.6) is 0 Å². The van der Waals surface area contributed by atoms with Crippen LogP contribution < -0.4 is 10.6 Å². The molecule has 0 aliphatic carbocycles. The molecule has 1 fully saturated rings. The molecule has 4 rings (SSSR count). The molecule has 1 aliphatic rings. The molecular formula is C25H34N6. The number of imidazole rings is 1. The van der Waals surface area contributed by atoms with Gasteiger partial charge in [-0.25, -0.2) is 4.98 Å². The van der Waals surface area contributed by atoms with E-state index in [4.69, 9.17) is 0 Å². The first-order chi connectivity index (χ1) is 15.2. The third-order valence-corrected chi connectivity index (χ3v) is 6.13. The highest BCUT2D eigenvalue weighted by molar-refractivity contribution is 5.80. The molecule has 1 aliphatic heterocycles. The van der Waals surface area contributed by atoms with Crippen LogP contribution in [0.4, 0.5) is 0 Å². The number of nitrogens with one attached hydrogen (secondary N) is 3. The number of piperidine rings is 1. The van der Waals surface area contributed by atoms with Gasteiger partial charge in [0.05, 0.1) is 11.0 Å². The van der Waals surface area contributed by atoms with E-state index in [9.17, 15) is 0 Å². The summed E-state index contributed by atoms with van der Waals surface area (Å²) in [6.07, 6.45) is 4.20. The van der Waals surface area contributed by atoms with Gasteiger partial charge in [-0.05, 0) is 43.9 Å². The number of rotatable bonds is 7. The van der Waals surface area contributed by atoms with E-state index in [1.54, 1.807) is 0 Å². The lowest BCUT2D eigenvalue weighted by Crippen LogP contribution is -2.51. The zero-order valence-electron chi connectivity index (χ0n) is 18.6. The summed E-state index contributed by atoms with van der Waals surface area (Å²) < 4.78 is 0. The van der Waals surface area contributed by atoms with Crippen LogP contribution in [0.1, 0.15) is 37.6 Å². The summed E-state index contributed by atoms with van der Waals surface area (Å²) in [6.45, 7) is 5.35. The Bertz CT molecular complexity index is 947. The molecule has 31 heavy (non-hydrogen) atoms. The Labute approximate surface area is 185 Å². The van der Waals surface area contributed by atoms with Crippen molar-refractivity contribution in [1.82, 2.24) is 25.5 Å². The molecule has 1 aromatic heterocycles. The van der Waals surface area contributed by atoms with Crippen LogP contribution in [0.2, 0.25) is 0 Å². The Morgan fingerprint density at radius 1 is 1.16 bits per heavy atom. The monoisotopic (exact) mass is 418 g/mol. The van der Waals surface area contributed by atoms with Crippen molar-refractivity contribution in [3.8, 4) is 0 Å². The molecule has 3 aromatic rings. The van der Waals surface area contributed by atoms with Gasteiger partial charge in [0.2, 0.25) is 0 Å². The van der Waals surface area contributed by atoms with Crippen molar-refractivity contribution < 1.29 is 0 Å². The van der Waals surface area contributed by atoms with Crippen LogP contribution in [0.15, 0.2) is 59.6 Å². The Morgan fingerprint density at radius 2 is 1.97 bits per heavy atom. The lowest BCUT2D eigenvalue weighted by Gasteiger charge is -2.38. The van der Waals surface area contributed by atoms with Crippen molar-refractivity contribution >= 4 is 17.0 Å². The summed E-state index contributed by atoms with van der Waals surface area (Å²) in [7, 11) is 1.85. The van der Waals surface area contributed by atoms with Crippen LogP contribution in [-0.2, 0) is 13.0 Å². The average Bonchev–Trinajstić information content (AvgIpc) is 3.21. The molecule has 6 heteroatoms. The van der Waals surface area contributed by atoms with Gasteiger partial charge >= 0.3 is 0 Å². The van der Waals surface area contributed by atoms with E-state index in [2.05, 4.69) is 73.8 Å². The maximum atomic E-state index is 4.65. The third kappa shape index (κ3) is 5.85. The summed E-state index contributed by atoms with van der Waals surface area (Å²) in [5, 5.41) is 7.10. The van der Waals surface area contributed by atoms with Gasteiger partial charge in [-0.15, -0.1) is 0 Å². The Morgan fingerprint density at radius 3 is 2.74 bits per heavy atom. The fourth-order valence-electron chi connectivity index (χ4n) is 4.38. The molecule has 0 bridgehead atoms. The Balaban J connectivity index is 1.18. The number of aromatic amines is 1. The topological polar surface area (TPSA) is 68.3 Å². The molecule has 2 heterocycles. The number of H-pyrrole nitrogens is 1. The second kappa shape index (κ2) is 10.4. The minimum atomic E-state index is 0.462. The minimum Gasteiger partial charge on any atom is -0.356 e. The van der Waals surface area contributed by atoms with Gasteiger partial charge in [0.1, 0.15) is 5.82 Å². The van der Waals surface area contributed by atoms with Gasteiger partial charge < -0.3 is 15.6 Å². The predicted octanol–water partition coefficient (Wildman–Crippen LogP) is 3.71. The van der Waals surface area contributed by atoms with E-state index in [0.717, 1.165) is 68.1 Å². The first-order valence-corrected chi connectivity index (χ1v) is 11.4. The molecule has 0 spiro atoms. The van der Waals surface area contributed by atoms with E-state index in [0.29, 0.717) is 12.1 Å². The third-order valence-electron chi connectivity index (χ3n) is 6.13. The Kier molecular flexibility index (Phi) is 7.20. The molecule has 2 aromatic carbocycles. The van der Waals surface area contributed by atoms with Crippen LogP contribution in [0.3, 0.4) is 0 Å².